The van der Waals surface area contributed by atoms with Crippen molar-refractivity contribution in [3.05, 3.63) is 36.1 Å². The molecule has 0 fully saturated rings. The highest BCUT2D eigenvalue weighted by Gasteiger charge is 1.88. The van der Waals surface area contributed by atoms with Gasteiger partial charge in [-0.2, -0.15) is 0 Å². The smallest absolute Gasteiger partial charge is 0.0646 e. The van der Waals surface area contributed by atoms with Crippen molar-refractivity contribution in [3.63, 3.8) is 0 Å². The van der Waals surface area contributed by atoms with E-state index in [9.17, 15) is 0 Å². The molecule has 0 aliphatic rings. The number of hydrogen-bond donors (Lipinski definition) is 1. The van der Waals surface area contributed by atoms with Crippen molar-refractivity contribution >= 4 is 0 Å². The molecule has 0 heterocycles. The average Bonchev–Trinajstić information content (AvgIpc) is 1.97. The van der Waals surface area contributed by atoms with Gasteiger partial charge in [0, 0.05) is 12.8 Å². The average molecular weight is 153 g/mol. The monoisotopic (exact) mass is 153 g/mol. The molecule has 0 aliphatic carbocycles. The second-order valence-electron chi connectivity index (χ2n) is 2.13. The Morgan fingerprint density at radius 3 is 2.64 bits per heavy atom. The van der Waals surface area contributed by atoms with Crippen LogP contribution in [0, 0.1) is 0 Å². The van der Waals surface area contributed by atoms with E-state index in [1.54, 1.807) is 7.11 Å². The van der Waals surface area contributed by atoms with Gasteiger partial charge in [0.2, 0.25) is 0 Å². The molecule has 62 valence electrons. The molecule has 2 N–H and O–H groups in total. The lowest BCUT2D eigenvalue weighted by Gasteiger charge is -1.97. The lowest BCUT2D eigenvalue weighted by atomic mass is 10.2. The van der Waals surface area contributed by atoms with Crippen molar-refractivity contribution < 1.29 is 4.74 Å². The van der Waals surface area contributed by atoms with Crippen LogP contribution in [-0.4, -0.2) is 13.7 Å². The number of methoxy groups -OCH3 is 1. The van der Waals surface area contributed by atoms with Crippen LogP contribution in [0.5, 0.6) is 0 Å². The van der Waals surface area contributed by atoms with Crippen molar-refractivity contribution in [1.29, 1.82) is 0 Å². The lowest BCUT2D eigenvalue weighted by molar-refractivity contribution is 0.234. The Morgan fingerprint density at radius 1 is 1.64 bits per heavy atom. The molecule has 0 aromatic heterocycles. The first-order valence-electron chi connectivity index (χ1n) is 3.49. The van der Waals surface area contributed by atoms with E-state index in [0.717, 1.165) is 5.57 Å². The highest BCUT2D eigenvalue weighted by Crippen LogP contribution is 2.02. The third-order valence-electron chi connectivity index (χ3n) is 1.24. The molecule has 0 saturated heterocycles. The van der Waals surface area contributed by atoms with Crippen molar-refractivity contribution in [2.24, 2.45) is 5.73 Å². The number of ether oxygens (including phenoxy) is 1. The summed E-state index contributed by atoms with van der Waals surface area (Å²) in [6.07, 6.45) is 5.70. The number of allylic oxidation sites excluding steroid dienone is 2. The van der Waals surface area contributed by atoms with Crippen LogP contribution in [0.25, 0.3) is 0 Å². The molecule has 2 nitrogen and oxygen atoms in total. The Morgan fingerprint density at radius 2 is 2.27 bits per heavy atom. The van der Waals surface area contributed by atoms with Gasteiger partial charge < -0.3 is 10.5 Å². The zero-order valence-corrected chi connectivity index (χ0v) is 7.13. The molecule has 2 heteroatoms. The summed E-state index contributed by atoms with van der Waals surface area (Å²) in [6.45, 7) is 6.15. The summed E-state index contributed by atoms with van der Waals surface area (Å²) in [5.41, 5.74) is 7.00. The third kappa shape index (κ3) is 4.39. The van der Waals surface area contributed by atoms with Gasteiger partial charge >= 0.3 is 0 Å². The first-order chi connectivity index (χ1) is 5.22. The quantitative estimate of drug-likeness (QED) is 0.623. The van der Waals surface area contributed by atoms with Gasteiger partial charge in [-0.15, -0.1) is 0 Å². The van der Waals surface area contributed by atoms with Gasteiger partial charge in [-0.25, -0.2) is 0 Å². The number of nitrogens with two attached hydrogens (primary N) is 1. The normalized spacial score (nSPS) is 12.4. The molecule has 0 atom stereocenters. The predicted octanol–water partition coefficient (Wildman–Crippen LogP) is 1.61. The Balaban J connectivity index is 4.00. The summed E-state index contributed by atoms with van der Waals surface area (Å²) in [4.78, 5) is 0. The SMILES string of the molecule is C=C(N)C(/C=C\COC)=C\C. The third-order valence-corrected chi connectivity index (χ3v) is 1.24. The van der Waals surface area contributed by atoms with E-state index in [2.05, 4.69) is 6.58 Å². The first-order valence-corrected chi connectivity index (χ1v) is 3.49. The van der Waals surface area contributed by atoms with Crippen molar-refractivity contribution in [2.75, 3.05) is 13.7 Å². The maximum atomic E-state index is 5.47. The Hall–Kier alpha value is -1.02. The minimum atomic E-state index is 0.583. The summed E-state index contributed by atoms with van der Waals surface area (Å²) in [7, 11) is 1.65. The fourth-order valence-electron chi connectivity index (χ4n) is 0.660. The van der Waals surface area contributed by atoms with Crippen LogP contribution >= 0.6 is 0 Å². The van der Waals surface area contributed by atoms with E-state index in [0.29, 0.717) is 12.3 Å². The molecule has 0 bridgehead atoms. The highest BCUT2D eigenvalue weighted by molar-refractivity contribution is 5.35. The van der Waals surface area contributed by atoms with Gasteiger partial charge in [0.1, 0.15) is 0 Å². The fraction of sp³-hybridized carbons (Fsp3) is 0.333. The Kier molecular flexibility index (Phi) is 5.21. The molecule has 0 aliphatic heterocycles. The zero-order chi connectivity index (χ0) is 8.69. The van der Waals surface area contributed by atoms with E-state index >= 15 is 0 Å². The van der Waals surface area contributed by atoms with E-state index in [-0.39, 0.29) is 0 Å². The Bertz CT molecular complexity index is 180. The van der Waals surface area contributed by atoms with Gasteiger partial charge in [0.25, 0.3) is 0 Å². The van der Waals surface area contributed by atoms with Crippen LogP contribution in [0.15, 0.2) is 36.1 Å². The molecule has 0 radical (unpaired) electrons. The molecular weight excluding hydrogens is 138 g/mol. The lowest BCUT2D eigenvalue weighted by Crippen LogP contribution is -1.96. The van der Waals surface area contributed by atoms with E-state index in [1.807, 2.05) is 25.2 Å². The van der Waals surface area contributed by atoms with Crippen molar-refractivity contribution in [3.8, 4) is 0 Å². The topological polar surface area (TPSA) is 35.2 Å². The fourth-order valence-corrected chi connectivity index (χ4v) is 0.660. The maximum Gasteiger partial charge on any atom is 0.0646 e. The minimum absolute atomic E-state index is 0.583. The molecule has 0 aromatic rings. The standard InChI is InChI=1S/C9H15NO/c1-4-9(8(2)10)6-5-7-11-3/h4-6H,2,7,10H2,1,3H3/b6-5-,9-4-. The van der Waals surface area contributed by atoms with Crippen LogP contribution in [0.1, 0.15) is 6.92 Å². The van der Waals surface area contributed by atoms with E-state index in [4.69, 9.17) is 10.5 Å². The second kappa shape index (κ2) is 5.74. The van der Waals surface area contributed by atoms with Gasteiger partial charge in [0.05, 0.1) is 6.61 Å². The summed E-state index contributed by atoms with van der Waals surface area (Å²) >= 11 is 0. The summed E-state index contributed by atoms with van der Waals surface area (Å²) < 4.78 is 4.83. The predicted molar refractivity (Wildman–Crippen MR) is 48.1 cm³/mol. The molecule has 0 aromatic carbocycles. The number of hydrogen-bond acceptors (Lipinski definition) is 2. The van der Waals surface area contributed by atoms with E-state index in [1.165, 1.54) is 0 Å². The maximum absolute atomic E-state index is 5.47. The Labute approximate surface area is 68.0 Å². The van der Waals surface area contributed by atoms with Gasteiger partial charge in [-0.05, 0) is 12.5 Å². The second-order valence-corrected chi connectivity index (χ2v) is 2.13. The highest BCUT2D eigenvalue weighted by atomic mass is 16.5. The molecule has 0 unspecified atom stereocenters. The van der Waals surface area contributed by atoms with Crippen LogP contribution in [0.4, 0.5) is 0 Å². The van der Waals surface area contributed by atoms with Gasteiger partial charge in [-0.1, -0.05) is 24.8 Å². The molecule has 0 rings (SSSR count). The van der Waals surface area contributed by atoms with Crippen molar-refractivity contribution in [2.45, 2.75) is 6.92 Å². The van der Waals surface area contributed by atoms with Gasteiger partial charge in [0.15, 0.2) is 0 Å². The van der Waals surface area contributed by atoms with Crippen LogP contribution < -0.4 is 5.73 Å². The largest absolute Gasteiger partial charge is 0.399 e. The van der Waals surface area contributed by atoms with E-state index < -0.39 is 0 Å². The molecule has 11 heavy (non-hydrogen) atoms. The molecule has 0 saturated carbocycles. The summed E-state index contributed by atoms with van der Waals surface area (Å²) in [5, 5.41) is 0. The van der Waals surface area contributed by atoms with Gasteiger partial charge in [-0.3, -0.25) is 0 Å². The van der Waals surface area contributed by atoms with Crippen LogP contribution in [0.3, 0.4) is 0 Å². The number of rotatable bonds is 4. The molecule has 0 amide bonds. The zero-order valence-electron chi connectivity index (χ0n) is 7.13. The minimum Gasteiger partial charge on any atom is -0.399 e. The van der Waals surface area contributed by atoms with Crippen molar-refractivity contribution in [1.82, 2.24) is 0 Å². The van der Waals surface area contributed by atoms with Crippen LogP contribution in [0.2, 0.25) is 0 Å². The summed E-state index contributed by atoms with van der Waals surface area (Å²) in [6, 6.07) is 0. The molecular formula is C9H15NO. The molecule has 0 spiro atoms. The summed E-state index contributed by atoms with van der Waals surface area (Å²) in [5.74, 6) is 0. The first kappa shape index (κ1) is 9.98. The van der Waals surface area contributed by atoms with Crippen LogP contribution in [-0.2, 0) is 4.74 Å².